The molecular formula is C10H6N2O2S2. The summed E-state index contributed by atoms with van der Waals surface area (Å²) in [5, 5.41) is 10.3. The Morgan fingerprint density at radius 3 is 2.94 bits per heavy atom. The van der Waals surface area contributed by atoms with Crippen LogP contribution in [0.2, 0.25) is 0 Å². The topological polar surface area (TPSA) is 76.2 Å². The number of aromatic carboxylic acids is 1. The molecule has 6 heteroatoms. The Balaban J connectivity index is 2.44. The monoisotopic (exact) mass is 250 g/mol. The largest absolute Gasteiger partial charge is 0.477 e. The van der Waals surface area contributed by atoms with Crippen LogP contribution in [0.5, 0.6) is 0 Å². The third kappa shape index (κ3) is 1.27. The molecule has 0 aliphatic carbocycles. The lowest BCUT2D eigenvalue weighted by Gasteiger charge is -1.88. The summed E-state index contributed by atoms with van der Waals surface area (Å²) >= 11 is 2.65. The van der Waals surface area contributed by atoms with Gasteiger partial charge in [-0.25, -0.2) is 9.78 Å². The van der Waals surface area contributed by atoms with E-state index in [9.17, 15) is 4.79 Å². The minimum absolute atomic E-state index is 0.328. The summed E-state index contributed by atoms with van der Waals surface area (Å²) in [4.78, 5) is 15.4. The number of carboxylic acid groups (broad SMARTS) is 1. The summed E-state index contributed by atoms with van der Waals surface area (Å²) in [6, 6.07) is 5.49. The Bertz CT molecular complexity index is 714. The smallest absolute Gasteiger partial charge is 0.345 e. The molecule has 80 valence electrons. The summed E-state index contributed by atoms with van der Waals surface area (Å²) in [6.45, 7) is 0. The van der Waals surface area contributed by atoms with E-state index in [1.165, 1.54) is 22.7 Å². The van der Waals surface area contributed by atoms with Crippen LogP contribution in [-0.4, -0.2) is 16.1 Å². The maximum atomic E-state index is 10.9. The van der Waals surface area contributed by atoms with Crippen LogP contribution < -0.4 is 5.73 Å². The maximum absolute atomic E-state index is 10.9. The van der Waals surface area contributed by atoms with E-state index in [1.54, 1.807) is 6.07 Å². The van der Waals surface area contributed by atoms with Gasteiger partial charge >= 0.3 is 5.97 Å². The lowest BCUT2D eigenvalue weighted by Crippen LogP contribution is -1.89. The van der Waals surface area contributed by atoms with Crippen LogP contribution in [0.3, 0.4) is 0 Å². The molecule has 0 fully saturated rings. The number of nitrogen functional groups attached to an aromatic ring is 1. The molecule has 2 aromatic heterocycles. The van der Waals surface area contributed by atoms with Crippen molar-refractivity contribution in [1.82, 2.24) is 4.98 Å². The Morgan fingerprint density at radius 2 is 2.19 bits per heavy atom. The van der Waals surface area contributed by atoms with Crippen molar-refractivity contribution in [3.05, 3.63) is 23.1 Å². The molecule has 0 atom stereocenters. The summed E-state index contributed by atoms with van der Waals surface area (Å²) in [6.07, 6.45) is 0. The zero-order valence-corrected chi connectivity index (χ0v) is 9.56. The second kappa shape index (κ2) is 3.16. The van der Waals surface area contributed by atoms with Crippen molar-refractivity contribution < 1.29 is 9.90 Å². The van der Waals surface area contributed by atoms with Gasteiger partial charge in [0, 0.05) is 0 Å². The predicted octanol–water partition coefficient (Wildman–Crippen LogP) is 2.79. The minimum Gasteiger partial charge on any atom is -0.477 e. The number of thiazole rings is 1. The number of rotatable bonds is 1. The third-order valence-electron chi connectivity index (χ3n) is 2.27. The van der Waals surface area contributed by atoms with Gasteiger partial charge in [0.15, 0.2) is 5.13 Å². The number of aromatic nitrogens is 1. The fraction of sp³-hybridized carbons (Fsp3) is 0. The van der Waals surface area contributed by atoms with Crippen molar-refractivity contribution in [1.29, 1.82) is 0 Å². The molecule has 3 rings (SSSR count). The van der Waals surface area contributed by atoms with E-state index in [0.717, 1.165) is 20.3 Å². The van der Waals surface area contributed by atoms with Gasteiger partial charge in [0.2, 0.25) is 0 Å². The molecule has 3 N–H and O–H groups in total. The zero-order chi connectivity index (χ0) is 11.3. The van der Waals surface area contributed by atoms with E-state index in [4.69, 9.17) is 10.8 Å². The number of anilines is 1. The summed E-state index contributed by atoms with van der Waals surface area (Å²) < 4.78 is 1.88. The van der Waals surface area contributed by atoms with Crippen molar-refractivity contribution in [2.45, 2.75) is 0 Å². The second-order valence-electron chi connectivity index (χ2n) is 3.30. The normalized spacial score (nSPS) is 11.2. The number of nitrogens with zero attached hydrogens (tertiary/aromatic N) is 1. The van der Waals surface area contributed by atoms with Crippen LogP contribution in [-0.2, 0) is 0 Å². The molecule has 4 nitrogen and oxygen atoms in total. The predicted molar refractivity (Wildman–Crippen MR) is 66.4 cm³/mol. The van der Waals surface area contributed by atoms with Gasteiger partial charge in [-0.05, 0) is 17.5 Å². The van der Waals surface area contributed by atoms with Gasteiger partial charge in [0.1, 0.15) is 10.4 Å². The highest BCUT2D eigenvalue weighted by atomic mass is 32.1. The Hall–Kier alpha value is -1.66. The molecule has 0 saturated carbocycles. The lowest BCUT2D eigenvalue weighted by atomic mass is 10.2. The number of carboxylic acids is 1. The van der Waals surface area contributed by atoms with Crippen LogP contribution in [0.4, 0.5) is 5.13 Å². The molecule has 0 unspecified atom stereocenters. The van der Waals surface area contributed by atoms with E-state index in [1.807, 2.05) is 12.1 Å². The lowest BCUT2D eigenvalue weighted by molar-refractivity contribution is 0.0702. The quantitative estimate of drug-likeness (QED) is 0.696. The molecule has 0 radical (unpaired) electrons. The van der Waals surface area contributed by atoms with E-state index >= 15 is 0 Å². The first-order valence-electron chi connectivity index (χ1n) is 4.47. The minimum atomic E-state index is -0.905. The first-order chi connectivity index (χ1) is 7.65. The molecule has 0 amide bonds. The van der Waals surface area contributed by atoms with Crippen molar-refractivity contribution in [3.63, 3.8) is 0 Å². The fourth-order valence-corrected chi connectivity index (χ4v) is 3.41. The highest BCUT2D eigenvalue weighted by molar-refractivity contribution is 7.24. The fourth-order valence-electron chi connectivity index (χ4n) is 1.61. The van der Waals surface area contributed by atoms with E-state index in [0.29, 0.717) is 10.0 Å². The highest BCUT2D eigenvalue weighted by Crippen LogP contribution is 2.35. The zero-order valence-electron chi connectivity index (χ0n) is 7.93. The van der Waals surface area contributed by atoms with Gasteiger partial charge < -0.3 is 10.8 Å². The number of carbonyl (C=O) groups is 1. The van der Waals surface area contributed by atoms with Crippen molar-refractivity contribution in [3.8, 4) is 0 Å². The molecule has 0 aliphatic rings. The van der Waals surface area contributed by atoms with Gasteiger partial charge in [-0.3, -0.25) is 0 Å². The van der Waals surface area contributed by atoms with Crippen molar-refractivity contribution >= 4 is 54.1 Å². The molecule has 1 aromatic carbocycles. The average molecular weight is 250 g/mol. The Labute approximate surface area is 98.0 Å². The van der Waals surface area contributed by atoms with Crippen LogP contribution in [0.1, 0.15) is 9.67 Å². The molecule has 2 heterocycles. The van der Waals surface area contributed by atoms with Crippen LogP contribution >= 0.6 is 22.7 Å². The highest BCUT2D eigenvalue weighted by Gasteiger charge is 2.12. The van der Waals surface area contributed by atoms with E-state index in [-0.39, 0.29) is 0 Å². The number of benzene rings is 1. The van der Waals surface area contributed by atoms with Crippen LogP contribution in [0.15, 0.2) is 18.2 Å². The number of thiophene rings is 1. The van der Waals surface area contributed by atoms with Gasteiger partial charge in [-0.15, -0.1) is 11.3 Å². The third-order valence-corrected chi connectivity index (χ3v) is 4.27. The van der Waals surface area contributed by atoms with Crippen LogP contribution in [0.25, 0.3) is 20.3 Å². The van der Waals surface area contributed by atoms with Gasteiger partial charge in [0.05, 0.1) is 9.40 Å². The van der Waals surface area contributed by atoms with Gasteiger partial charge in [0.25, 0.3) is 0 Å². The van der Waals surface area contributed by atoms with Crippen molar-refractivity contribution in [2.24, 2.45) is 0 Å². The first-order valence-corrected chi connectivity index (χ1v) is 6.10. The van der Waals surface area contributed by atoms with E-state index in [2.05, 4.69) is 4.98 Å². The number of hydrogen-bond acceptors (Lipinski definition) is 5. The molecule has 0 bridgehead atoms. The Morgan fingerprint density at radius 1 is 1.38 bits per heavy atom. The first kappa shape index (κ1) is 9.56. The average Bonchev–Trinajstić information content (AvgIpc) is 2.77. The van der Waals surface area contributed by atoms with Gasteiger partial charge in [-0.1, -0.05) is 17.4 Å². The van der Waals surface area contributed by atoms with E-state index < -0.39 is 5.97 Å². The molecule has 0 spiro atoms. The number of nitrogens with two attached hydrogens (primary N) is 1. The van der Waals surface area contributed by atoms with Gasteiger partial charge in [-0.2, -0.15) is 0 Å². The summed E-state index contributed by atoms with van der Waals surface area (Å²) in [5.41, 5.74) is 6.45. The van der Waals surface area contributed by atoms with Crippen LogP contribution in [0, 0.1) is 0 Å². The summed E-state index contributed by atoms with van der Waals surface area (Å²) in [5.74, 6) is -0.905. The Kier molecular flexibility index (Phi) is 1.89. The molecule has 0 aliphatic heterocycles. The maximum Gasteiger partial charge on any atom is 0.345 e. The molecular weight excluding hydrogens is 244 g/mol. The second-order valence-corrected chi connectivity index (χ2v) is 5.41. The summed E-state index contributed by atoms with van der Waals surface area (Å²) in [7, 11) is 0. The molecule has 16 heavy (non-hydrogen) atoms. The number of hydrogen-bond donors (Lipinski definition) is 2. The molecule has 3 aromatic rings. The number of fused-ring (bicyclic) bond motifs is 3. The standard InChI is InChI=1S/C10H6N2O2S2/c11-10-12-7-5(16-10)2-1-4-3-6(9(13)14)15-8(4)7/h1-3H,(H2,11,12)(H,13,14). The molecule has 0 saturated heterocycles. The SMILES string of the molecule is Nc1nc2c(ccc3cc(C(=O)O)sc32)s1. The van der Waals surface area contributed by atoms with Crippen molar-refractivity contribution in [2.75, 3.05) is 5.73 Å².